The highest BCUT2D eigenvalue weighted by atomic mass is 16.5. The molecule has 20 heavy (non-hydrogen) atoms. The standard InChI is InChI=1S/C16H18N2O2/c1-11-5-6-18-13(9-11)16(17)12-3-4-14-15(10-12)20-8-2-7-19-14/h3-6,9-10,16H,2,7-8,17H2,1H3. The Bertz CT molecular complexity index is 613. The predicted molar refractivity (Wildman–Crippen MR) is 77.1 cm³/mol. The van der Waals surface area contributed by atoms with Crippen molar-refractivity contribution < 1.29 is 9.47 Å². The summed E-state index contributed by atoms with van der Waals surface area (Å²) in [5, 5.41) is 0. The molecule has 1 aromatic carbocycles. The molecule has 1 atom stereocenters. The van der Waals surface area contributed by atoms with Crippen LogP contribution in [0.15, 0.2) is 36.5 Å². The van der Waals surface area contributed by atoms with Crippen molar-refractivity contribution >= 4 is 0 Å². The first kappa shape index (κ1) is 12.9. The smallest absolute Gasteiger partial charge is 0.161 e. The molecule has 1 aliphatic rings. The van der Waals surface area contributed by atoms with E-state index in [1.165, 1.54) is 0 Å². The van der Waals surface area contributed by atoms with E-state index in [4.69, 9.17) is 15.2 Å². The summed E-state index contributed by atoms with van der Waals surface area (Å²) in [6.45, 7) is 3.40. The molecule has 1 aromatic heterocycles. The third kappa shape index (κ3) is 2.60. The lowest BCUT2D eigenvalue weighted by Crippen LogP contribution is -2.13. The van der Waals surface area contributed by atoms with E-state index in [1.54, 1.807) is 6.20 Å². The molecule has 4 nitrogen and oxygen atoms in total. The lowest BCUT2D eigenvalue weighted by atomic mass is 10.0. The zero-order valence-electron chi connectivity index (χ0n) is 11.5. The Balaban J connectivity index is 1.92. The van der Waals surface area contributed by atoms with Gasteiger partial charge in [0.15, 0.2) is 11.5 Å². The van der Waals surface area contributed by atoms with Crippen molar-refractivity contribution in [1.82, 2.24) is 4.98 Å². The van der Waals surface area contributed by atoms with Crippen molar-refractivity contribution in [3.8, 4) is 11.5 Å². The number of nitrogens with zero attached hydrogens (tertiary/aromatic N) is 1. The second kappa shape index (κ2) is 5.51. The molecule has 104 valence electrons. The fourth-order valence-corrected chi connectivity index (χ4v) is 2.27. The Morgan fingerprint density at radius 2 is 1.90 bits per heavy atom. The molecule has 2 N–H and O–H groups in total. The van der Waals surface area contributed by atoms with Crippen LogP contribution in [0, 0.1) is 6.92 Å². The summed E-state index contributed by atoms with van der Waals surface area (Å²) in [5.41, 5.74) is 9.29. The zero-order valence-corrected chi connectivity index (χ0v) is 11.5. The highest BCUT2D eigenvalue weighted by Gasteiger charge is 2.15. The Morgan fingerprint density at radius 3 is 2.70 bits per heavy atom. The number of fused-ring (bicyclic) bond motifs is 1. The van der Waals surface area contributed by atoms with Crippen LogP contribution in [-0.4, -0.2) is 18.2 Å². The van der Waals surface area contributed by atoms with E-state index in [-0.39, 0.29) is 6.04 Å². The Labute approximate surface area is 118 Å². The van der Waals surface area contributed by atoms with E-state index in [0.29, 0.717) is 13.2 Å². The molecular weight excluding hydrogens is 252 g/mol. The topological polar surface area (TPSA) is 57.4 Å². The number of hydrogen-bond acceptors (Lipinski definition) is 4. The highest BCUT2D eigenvalue weighted by Crippen LogP contribution is 2.33. The molecule has 1 aliphatic heterocycles. The average molecular weight is 270 g/mol. The lowest BCUT2D eigenvalue weighted by molar-refractivity contribution is 0.297. The van der Waals surface area contributed by atoms with E-state index in [9.17, 15) is 0 Å². The SMILES string of the molecule is Cc1ccnc(C(N)c2ccc3c(c2)OCCCO3)c1. The Hall–Kier alpha value is -2.07. The van der Waals surface area contributed by atoms with Gasteiger partial charge in [0, 0.05) is 12.6 Å². The van der Waals surface area contributed by atoms with E-state index in [0.717, 1.165) is 34.7 Å². The van der Waals surface area contributed by atoms with Gasteiger partial charge >= 0.3 is 0 Å². The maximum atomic E-state index is 6.30. The number of ether oxygens (including phenoxy) is 2. The van der Waals surface area contributed by atoms with Crippen LogP contribution < -0.4 is 15.2 Å². The zero-order chi connectivity index (χ0) is 13.9. The summed E-state index contributed by atoms with van der Waals surface area (Å²) in [5.74, 6) is 1.55. The molecule has 0 saturated carbocycles. The third-order valence-electron chi connectivity index (χ3n) is 3.39. The molecule has 2 heterocycles. The normalized spacial score (nSPS) is 15.5. The summed E-state index contributed by atoms with van der Waals surface area (Å²) in [7, 11) is 0. The molecule has 0 amide bonds. The highest BCUT2D eigenvalue weighted by molar-refractivity contribution is 5.45. The Kier molecular flexibility index (Phi) is 3.56. The summed E-state index contributed by atoms with van der Waals surface area (Å²) in [4.78, 5) is 4.35. The van der Waals surface area contributed by atoms with Crippen molar-refractivity contribution in [2.75, 3.05) is 13.2 Å². The molecular formula is C16H18N2O2. The van der Waals surface area contributed by atoms with E-state index in [2.05, 4.69) is 4.98 Å². The minimum absolute atomic E-state index is 0.257. The van der Waals surface area contributed by atoms with Gasteiger partial charge in [0.05, 0.1) is 24.9 Å². The van der Waals surface area contributed by atoms with Crippen molar-refractivity contribution in [2.24, 2.45) is 5.73 Å². The van der Waals surface area contributed by atoms with Gasteiger partial charge < -0.3 is 15.2 Å². The minimum Gasteiger partial charge on any atom is -0.490 e. The molecule has 0 spiro atoms. The third-order valence-corrected chi connectivity index (χ3v) is 3.39. The van der Waals surface area contributed by atoms with Crippen molar-refractivity contribution in [2.45, 2.75) is 19.4 Å². The lowest BCUT2D eigenvalue weighted by Gasteiger charge is -2.15. The number of pyridine rings is 1. The summed E-state index contributed by atoms with van der Waals surface area (Å²) < 4.78 is 11.3. The minimum atomic E-state index is -0.257. The average Bonchev–Trinajstić information content (AvgIpc) is 2.71. The maximum absolute atomic E-state index is 6.30. The first-order chi connectivity index (χ1) is 9.74. The van der Waals surface area contributed by atoms with Crippen molar-refractivity contribution in [3.05, 3.63) is 53.3 Å². The van der Waals surface area contributed by atoms with Gasteiger partial charge in [0.2, 0.25) is 0 Å². The molecule has 0 radical (unpaired) electrons. The van der Waals surface area contributed by atoms with E-state index >= 15 is 0 Å². The second-order valence-corrected chi connectivity index (χ2v) is 4.99. The molecule has 0 aliphatic carbocycles. The molecule has 4 heteroatoms. The molecule has 2 aromatic rings. The largest absolute Gasteiger partial charge is 0.490 e. The van der Waals surface area contributed by atoms with Gasteiger partial charge in [-0.05, 0) is 42.3 Å². The summed E-state index contributed by atoms with van der Waals surface area (Å²) in [6, 6.07) is 9.56. The number of aryl methyl sites for hydroxylation is 1. The van der Waals surface area contributed by atoms with Gasteiger partial charge in [-0.25, -0.2) is 0 Å². The molecule has 3 rings (SSSR count). The van der Waals surface area contributed by atoms with Crippen LogP contribution in [0.2, 0.25) is 0 Å². The van der Waals surface area contributed by atoms with Crippen LogP contribution in [-0.2, 0) is 0 Å². The summed E-state index contributed by atoms with van der Waals surface area (Å²) >= 11 is 0. The molecule has 0 saturated heterocycles. The number of aromatic nitrogens is 1. The van der Waals surface area contributed by atoms with Gasteiger partial charge in [0.1, 0.15) is 0 Å². The number of nitrogens with two attached hydrogens (primary N) is 1. The second-order valence-electron chi connectivity index (χ2n) is 4.99. The van der Waals surface area contributed by atoms with Gasteiger partial charge in [-0.15, -0.1) is 0 Å². The van der Waals surface area contributed by atoms with Gasteiger partial charge in [-0.1, -0.05) is 6.07 Å². The number of hydrogen-bond donors (Lipinski definition) is 1. The number of rotatable bonds is 2. The van der Waals surface area contributed by atoms with Gasteiger partial charge in [-0.3, -0.25) is 4.98 Å². The predicted octanol–water partition coefficient (Wildman–Crippen LogP) is 2.60. The number of benzene rings is 1. The fourth-order valence-electron chi connectivity index (χ4n) is 2.27. The molecule has 0 bridgehead atoms. The first-order valence-electron chi connectivity index (χ1n) is 6.82. The fraction of sp³-hybridized carbons (Fsp3) is 0.312. The first-order valence-corrected chi connectivity index (χ1v) is 6.82. The van der Waals surface area contributed by atoms with Gasteiger partial charge in [-0.2, -0.15) is 0 Å². The molecule has 1 unspecified atom stereocenters. The quantitative estimate of drug-likeness (QED) is 0.911. The Morgan fingerprint density at radius 1 is 1.10 bits per heavy atom. The van der Waals surface area contributed by atoms with Crippen molar-refractivity contribution in [3.63, 3.8) is 0 Å². The van der Waals surface area contributed by atoms with Crippen LogP contribution >= 0.6 is 0 Å². The maximum Gasteiger partial charge on any atom is 0.161 e. The van der Waals surface area contributed by atoms with Crippen LogP contribution in [0.4, 0.5) is 0 Å². The monoisotopic (exact) mass is 270 g/mol. The van der Waals surface area contributed by atoms with E-state index < -0.39 is 0 Å². The van der Waals surface area contributed by atoms with Crippen LogP contribution in [0.5, 0.6) is 11.5 Å². The van der Waals surface area contributed by atoms with Crippen LogP contribution in [0.1, 0.15) is 29.3 Å². The molecule has 0 fully saturated rings. The van der Waals surface area contributed by atoms with Crippen molar-refractivity contribution in [1.29, 1.82) is 0 Å². The van der Waals surface area contributed by atoms with Crippen LogP contribution in [0.25, 0.3) is 0 Å². The summed E-state index contributed by atoms with van der Waals surface area (Å²) in [6.07, 6.45) is 2.68. The van der Waals surface area contributed by atoms with Gasteiger partial charge in [0.25, 0.3) is 0 Å². The van der Waals surface area contributed by atoms with E-state index in [1.807, 2.05) is 37.3 Å². The van der Waals surface area contributed by atoms with Crippen LogP contribution in [0.3, 0.4) is 0 Å².